The molecule has 1 aliphatic heterocycles. The zero-order chi connectivity index (χ0) is 22.3. The van der Waals surface area contributed by atoms with Crippen molar-refractivity contribution in [1.82, 2.24) is 10.2 Å². The molecule has 2 heterocycles. The Balaban J connectivity index is 1.20. The van der Waals surface area contributed by atoms with Crippen LogP contribution >= 0.6 is 0 Å². The van der Waals surface area contributed by atoms with Gasteiger partial charge in [-0.3, -0.25) is 9.59 Å². The third kappa shape index (κ3) is 5.75. The number of fused-ring (bicyclic) bond motifs is 1. The van der Waals surface area contributed by atoms with Gasteiger partial charge in [-0.25, -0.2) is 4.79 Å². The Hall–Kier alpha value is -3.61. The number of amides is 2. The normalized spacial score (nSPS) is 14.3. The lowest BCUT2D eigenvalue weighted by atomic mass is 10.0. The number of hydrogen-bond donors (Lipinski definition) is 1. The molecule has 4 rings (SSSR count). The van der Waals surface area contributed by atoms with Crippen molar-refractivity contribution in [2.45, 2.75) is 31.7 Å². The van der Waals surface area contributed by atoms with Crippen LogP contribution in [0.1, 0.15) is 24.8 Å². The van der Waals surface area contributed by atoms with Crippen LogP contribution < -0.4 is 15.7 Å². The second-order valence-electron chi connectivity index (χ2n) is 7.95. The smallest absolute Gasteiger partial charge is 0.336 e. The van der Waals surface area contributed by atoms with E-state index in [0.717, 1.165) is 30.2 Å². The minimum atomic E-state index is -0.430. The highest BCUT2D eigenvalue weighted by molar-refractivity contribution is 5.80. The van der Waals surface area contributed by atoms with E-state index in [9.17, 15) is 14.4 Å². The molecule has 1 saturated heterocycles. The van der Waals surface area contributed by atoms with Crippen LogP contribution in [0, 0.1) is 0 Å². The first-order chi connectivity index (χ1) is 15.6. The fourth-order valence-electron chi connectivity index (χ4n) is 3.84. The number of nitrogens with one attached hydrogen (secondary N) is 1. The second-order valence-corrected chi connectivity index (χ2v) is 7.95. The standard InChI is InChI=1S/C25H26N2O5/c28-23(10-6-18-4-2-1-3-5-18)26-20-12-14-27(15-13-20)24(29)17-31-21-9-7-19-8-11-25(30)32-22(19)16-21/h1-5,7-9,11,16,20H,6,10,12-15,17H2,(H,26,28). The molecule has 7 heteroatoms. The molecular formula is C25H26N2O5. The lowest BCUT2D eigenvalue weighted by Crippen LogP contribution is -2.47. The highest BCUT2D eigenvalue weighted by atomic mass is 16.5. The average Bonchev–Trinajstić information content (AvgIpc) is 2.82. The van der Waals surface area contributed by atoms with Crippen molar-refractivity contribution >= 4 is 22.8 Å². The molecule has 1 fully saturated rings. The number of aryl methyl sites for hydroxylation is 1. The van der Waals surface area contributed by atoms with Gasteiger partial charge < -0.3 is 19.4 Å². The average molecular weight is 434 g/mol. The Morgan fingerprint density at radius 1 is 1.03 bits per heavy atom. The summed E-state index contributed by atoms with van der Waals surface area (Å²) in [7, 11) is 0. The molecule has 0 aliphatic carbocycles. The molecule has 1 aromatic heterocycles. The zero-order valence-corrected chi connectivity index (χ0v) is 17.8. The summed E-state index contributed by atoms with van der Waals surface area (Å²) in [6.07, 6.45) is 2.64. The van der Waals surface area contributed by atoms with E-state index in [4.69, 9.17) is 9.15 Å². The maximum atomic E-state index is 12.5. The van der Waals surface area contributed by atoms with Crippen LogP contribution in [-0.4, -0.2) is 42.5 Å². The summed E-state index contributed by atoms with van der Waals surface area (Å²) in [5, 5.41) is 3.87. The Morgan fingerprint density at radius 3 is 2.56 bits per heavy atom. The van der Waals surface area contributed by atoms with Crippen LogP contribution in [0.2, 0.25) is 0 Å². The Kier molecular flexibility index (Phi) is 6.84. The van der Waals surface area contributed by atoms with Crippen LogP contribution in [0.3, 0.4) is 0 Å². The van der Waals surface area contributed by atoms with Crippen molar-refractivity contribution in [2.24, 2.45) is 0 Å². The predicted molar refractivity (Wildman–Crippen MR) is 120 cm³/mol. The molecule has 0 spiro atoms. The quantitative estimate of drug-likeness (QED) is 0.578. The van der Waals surface area contributed by atoms with Gasteiger partial charge in [0.1, 0.15) is 11.3 Å². The Bertz CT molecular complexity index is 1130. The maximum Gasteiger partial charge on any atom is 0.336 e. The topological polar surface area (TPSA) is 88.9 Å². The van der Waals surface area contributed by atoms with Gasteiger partial charge in [-0.15, -0.1) is 0 Å². The van der Waals surface area contributed by atoms with E-state index in [0.29, 0.717) is 30.8 Å². The molecule has 166 valence electrons. The van der Waals surface area contributed by atoms with Crippen LogP contribution in [0.5, 0.6) is 5.75 Å². The Labute approximate surface area is 186 Å². The summed E-state index contributed by atoms with van der Waals surface area (Å²) in [6, 6.07) is 18.2. The molecule has 32 heavy (non-hydrogen) atoms. The van der Waals surface area contributed by atoms with Crippen molar-refractivity contribution in [3.05, 3.63) is 76.6 Å². The third-order valence-corrected chi connectivity index (χ3v) is 5.65. The highest BCUT2D eigenvalue weighted by Gasteiger charge is 2.24. The summed E-state index contributed by atoms with van der Waals surface area (Å²) in [6.45, 7) is 1.08. The number of ether oxygens (including phenoxy) is 1. The van der Waals surface area contributed by atoms with Gasteiger partial charge in [-0.05, 0) is 43.0 Å². The van der Waals surface area contributed by atoms with E-state index >= 15 is 0 Å². The van der Waals surface area contributed by atoms with E-state index in [-0.39, 0.29) is 24.5 Å². The number of benzene rings is 2. The van der Waals surface area contributed by atoms with Gasteiger partial charge in [0.2, 0.25) is 5.91 Å². The fraction of sp³-hybridized carbons (Fsp3) is 0.320. The molecule has 0 unspecified atom stereocenters. The monoisotopic (exact) mass is 434 g/mol. The number of rotatable bonds is 7. The second kappa shape index (κ2) is 10.1. The van der Waals surface area contributed by atoms with E-state index in [1.165, 1.54) is 6.07 Å². The molecule has 0 radical (unpaired) electrons. The Morgan fingerprint density at radius 2 is 1.78 bits per heavy atom. The summed E-state index contributed by atoms with van der Waals surface area (Å²) in [5.41, 5.74) is 1.14. The van der Waals surface area contributed by atoms with Crippen molar-refractivity contribution in [3.63, 3.8) is 0 Å². The van der Waals surface area contributed by atoms with Crippen molar-refractivity contribution in [2.75, 3.05) is 19.7 Å². The van der Waals surface area contributed by atoms with E-state index in [1.54, 1.807) is 29.2 Å². The van der Waals surface area contributed by atoms with Gasteiger partial charge >= 0.3 is 5.63 Å². The van der Waals surface area contributed by atoms with Gasteiger partial charge in [-0.1, -0.05) is 30.3 Å². The molecule has 1 N–H and O–H groups in total. The molecule has 0 atom stereocenters. The summed E-state index contributed by atoms with van der Waals surface area (Å²) in [5.74, 6) is 0.416. The van der Waals surface area contributed by atoms with Gasteiger partial charge in [0, 0.05) is 43.1 Å². The highest BCUT2D eigenvalue weighted by Crippen LogP contribution is 2.20. The first kappa shape index (κ1) is 21.6. The van der Waals surface area contributed by atoms with Gasteiger partial charge in [-0.2, -0.15) is 0 Å². The van der Waals surface area contributed by atoms with Gasteiger partial charge in [0.25, 0.3) is 5.91 Å². The SMILES string of the molecule is O=C(CCc1ccccc1)NC1CCN(C(=O)COc2ccc3ccc(=O)oc3c2)CC1. The summed E-state index contributed by atoms with van der Waals surface area (Å²) >= 11 is 0. The number of carbonyl (C=O) groups is 2. The number of carbonyl (C=O) groups excluding carboxylic acids is 2. The number of likely N-dealkylation sites (tertiary alicyclic amines) is 1. The zero-order valence-electron chi connectivity index (χ0n) is 17.8. The van der Waals surface area contributed by atoms with Gasteiger partial charge in [0.15, 0.2) is 6.61 Å². The van der Waals surface area contributed by atoms with Crippen molar-refractivity contribution in [1.29, 1.82) is 0 Å². The summed E-state index contributed by atoms with van der Waals surface area (Å²) < 4.78 is 10.8. The van der Waals surface area contributed by atoms with Crippen LogP contribution in [0.15, 0.2) is 69.9 Å². The van der Waals surface area contributed by atoms with E-state index in [2.05, 4.69) is 5.32 Å². The first-order valence-electron chi connectivity index (χ1n) is 10.8. The lowest BCUT2D eigenvalue weighted by Gasteiger charge is -2.32. The molecular weight excluding hydrogens is 408 g/mol. The number of hydrogen-bond acceptors (Lipinski definition) is 5. The number of piperidine rings is 1. The fourth-order valence-corrected chi connectivity index (χ4v) is 3.84. The van der Waals surface area contributed by atoms with Crippen LogP contribution in [0.4, 0.5) is 0 Å². The first-order valence-corrected chi connectivity index (χ1v) is 10.8. The number of nitrogens with zero attached hydrogens (tertiary/aromatic N) is 1. The molecule has 2 aromatic carbocycles. The summed E-state index contributed by atoms with van der Waals surface area (Å²) in [4.78, 5) is 37.9. The van der Waals surface area contributed by atoms with Crippen molar-refractivity contribution < 1.29 is 18.7 Å². The maximum absolute atomic E-state index is 12.5. The lowest BCUT2D eigenvalue weighted by molar-refractivity contribution is -0.134. The molecule has 7 nitrogen and oxygen atoms in total. The predicted octanol–water partition coefficient (Wildman–Crippen LogP) is 2.91. The minimum absolute atomic E-state index is 0.0462. The van der Waals surface area contributed by atoms with Crippen LogP contribution in [-0.2, 0) is 16.0 Å². The largest absolute Gasteiger partial charge is 0.484 e. The van der Waals surface area contributed by atoms with E-state index < -0.39 is 5.63 Å². The van der Waals surface area contributed by atoms with Gasteiger partial charge in [0.05, 0.1) is 0 Å². The third-order valence-electron chi connectivity index (χ3n) is 5.65. The molecule has 1 aliphatic rings. The molecule has 2 amide bonds. The van der Waals surface area contributed by atoms with E-state index in [1.807, 2.05) is 30.3 Å². The van der Waals surface area contributed by atoms with Crippen molar-refractivity contribution in [3.8, 4) is 5.75 Å². The molecule has 0 saturated carbocycles. The molecule has 3 aromatic rings. The van der Waals surface area contributed by atoms with Crippen LogP contribution in [0.25, 0.3) is 11.0 Å². The molecule has 0 bridgehead atoms. The minimum Gasteiger partial charge on any atom is -0.484 e.